The van der Waals surface area contributed by atoms with Crippen LogP contribution in [0, 0.1) is 5.92 Å². The molecule has 0 bridgehead atoms. The van der Waals surface area contributed by atoms with Gasteiger partial charge in [0, 0.05) is 12.2 Å². The van der Waals surface area contributed by atoms with Crippen LogP contribution in [0.2, 0.25) is 0 Å². The Kier molecular flexibility index (Phi) is 2.55. The molecule has 0 saturated heterocycles. The summed E-state index contributed by atoms with van der Waals surface area (Å²) < 4.78 is 0. The Morgan fingerprint density at radius 1 is 1.36 bits per heavy atom. The van der Waals surface area contributed by atoms with Crippen molar-refractivity contribution in [1.82, 2.24) is 4.98 Å². The van der Waals surface area contributed by atoms with Gasteiger partial charge in [-0.15, -0.1) is 0 Å². The topological polar surface area (TPSA) is 38.9 Å². The van der Waals surface area contributed by atoms with Gasteiger partial charge in [0.25, 0.3) is 0 Å². The van der Waals surface area contributed by atoms with Crippen LogP contribution in [0.3, 0.4) is 0 Å². The SMILES string of the molecule is CC(C)c1ccc(C(N)C2CC2)nc1. The molecule has 1 aliphatic rings. The van der Waals surface area contributed by atoms with Crippen LogP contribution < -0.4 is 5.73 Å². The van der Waals surface area contributed by atoms with E-state index < -0.39 is 0 Å². The van der Waals surface area contributed by atoms with Crippen LogP contribution in [-0.4, -0.2) is 4.98 Å². The lowest BCUT2D eigenvalue weighted by molar-refractivity contribution is 0.613. The lowest BCUT2D eigenvalue weighted by Gasteiger charge is -2.11. The van der Waals surface area contributed by atoms with Crippen LogP contribution in [0.4, 0.5) is 0 Å². The summed E-state index contributed by atoms with van der Waals surface area (Å²) in [6, 6.07) is 4.39. The number of hydrogen-bond donors (Lipinski definition) is 1. The largest absolute Gasteiger partial charge is 0.322 e. The Morgan fingerprint density at radius 3 is 2.50 bits per heavy atom. The van der Waals surface area contributed by atoms with Crippen molar-refractivity contribution in [3.05, 3.63) is 29.6 Å². The van der Waals surface area contributed by atoms with Crippen molar-refractivity contribution in [2.45, 2.75) is 38.6 Å². The van der Waals surface area contributed by atoms with Gasteiger partial charge in [-0.05, 0) is 36.3 Å². The van der Waals surface area contributed by atoms with Crippen molar-refractivity contribution in [1.29, 1.82) is 0 Å². The Labute approximate surface area is 85.5 Å². The van der Waals surface area contributed by atoms with E-state index in [-0.39, 0.29) is 6.04 Å². The molecule has 0 aliphatic heterocycles. The van der Waals surface area contributed by atoms with Gasteiger partial charge in [0.1, 0.15) is 0 Å². The zero-order valence-corrected chi connectivity index (χ0v) is 8.90. The molecule has 2 nitrogen and oxygen atoms in total. The number of nitrogens with zero attached hydrogens (tertiary/aromatic N) is 1. The van der Waals surface area contributed by atoms with Gasteiger partial charge in [-0.3, -0.25) is 4.98 Å². The van der Waals surface area contributed by atoms with E-state index >= 15 is 0 Å². The van der Waals surface area contributed by atoms with Gasteiger partial charge in [0.2, 0.25) is 0 Å². The highest BCUT2D eigenvalue weighted by molar-refractivity contribution is 5.19. The van der Waals surface area contributed by atoms with Crippen LogP contribution in [0.1, 0.15) is 49.9 Å². The van der Waals surface area contributed by atoms with Crippen LogP contribution in [-0.2, 0) is 0 Å². The van der Waals surface area contributed by atoms with Crippen LogP contribution in [0.15, 0.2) is 18.3 Å². The van der Waals surface area contributed by atoms with Gasteiger partial charge in [0.05, 0.1) is 5.69 Å². The normalized spacial score (nSPS) is 18.6. The molecule has 1 heterocycles. The minimum absolute atomic E-state index is 0.163. The van der Waals surface area contributed by atoms with Gasteiger partial charge in [-0.2, -0.15) is 0 Å². The van der Waals surface area contributed by atoms with E-state index in [2.05, 4.69) is 31.0 Å². The molecule has 2 N–H and O–H groups in total. The molecular weight excluding hydrogens is 172 g/mol. The van der Waals surface area contributed by atoms with Crippen molar-refractivity contribution < 1.29 is 0 Å². The molecule has 1 atom stereocenters. The van der Waals surface area contributed by atoms with Crippen molar-refractivity contribution in [2.24, 2.45) is 11.7 Å². The fourth-order valence-electron chi connectivity index (χ4n) is 1.65. The number of rotatable bonds is 3. The minimum atomic E-state index is 0.163. The van der Waals surface area contributed by atoms with Crippen LogP contribution >= 0.6 is 0 Å². The van der Waals surface area contributed by atoms with Gasteiger partial charge < -0.3 is 5.73 Å². The monoisotopic (exact) mass is 190 g/mol. The zero-order chi connectivity index (χ0) is 10.1. The van der Waals surface area contributed by atoms with E-state index in [0.29, 0.717) is 11.8 Å². The van der Waals surface area contributed by atoms with Crippen LogP contribution in [0.5, 0.6) is 0 Å². The van der Waals surface area contributed by atoms with E-state index in [1.807, 2.05) is 6.20 Å². The Morgan fingerprint density at radius 2 is 2.07 bits per heavy atom. The fourth-order valence-corrected chi connectivity index (χ4v) is 1.65. The molecule has 1 aromatic rings. The third-order valence-electron chi connectivity index (χ3n) is 2.95. The third kappa shape index (κ3) is 1.95. The van der Waals surface area contributed by atoms with Gasteiger partial charge in [-0.1, -0.05) is 19.9 Å². The summed E-state index contributed by atoms with van der Waals surface area (Å²) in [6.07, 6.45) is 4.51. The average molecular weight is 190 g/mol. The van der Waals surface area contributed by atoms with E-state index in [1.165, 1.54) is 18.4 Å². The standard InChI is InChI=1S/C12H18N2/c1-8(2)10-5-6-11(14-7-10)12(13)9-3-4-9/h5-9,12H,3-4,13H2,1-2H3. The van der Waals surface area contributed by atoms with E-state index in [1.54, 1.807) is 0 Å². The van der Waals surface area contributed by atoms with Crippen molar-refractivity contribution >= 4 is 0 Å². The molecule has 76 valence electrons. The number of nitrogens with two attached hydrogens (primary N) is 1. The van der Waals surface area contributed by atoms with Gasteiger partial charge in [-0.25, -0.2) is 0 Å². The minimum Gasteiger partial charge on any atom is -0.322 e. The second-order valence-electron chi connectivity index (χ2n) is 4.53. The lowest BCUT2D eigenvalue weighted by Crippen LogP contribution is -2.14. The molecule has 14 heavy (non-hydrogen) atoms. The predicted octanol–water partition coefficient (Wildman–Crippen LogP) is 2.61. The van der Waals surface area contributed by atoms with Gasteiger partial charge >= 0.3 is 0 Å². The average Bonchev–Trinajstić information content (AvgIpc) is 3.00. The lowest BCUT2D eigenvalue weighted by atomic mass is 10.0. The first-order valence-corrected chi connectivity index (χ1v) is 5.40. The summed E-state index contributed by atoms with van der Waals surface area (Å²) in [5.41, 5.74) is 8.41. The Hall–Kier alpha value is -0.890. The molecule has 1 aromatic heterocycles. The molecular formula is C12H18N2. The zero-order valence-electron chi connectivity index (χ0n) is 8.90. The van der Waals surface area contributed by atoms with E-state index in [4.69, 9.17) is 5.73 Å². The van der Waals surface area contributed by atoms with Crippen molar-refractivity contribution in [3.8, 4) is 0 Å². The summed E-state index contributed by atoms with van der Waals surface area (Å²) in [4.78, 5) is 4.44. The molecule has 0 aromatic carbocycles. The maximum absolute atomic E-state index is 6.06. The quantitative estimate of drug-likeness (QED) is 0.795. The molecule has 2 heteroatoms. The summed E-state index contributed by atoms with van der Waals surface area (Å²) in [6.45, 7) is 4.36. The first-order valence-electron chi connectivity index (χ1n) is 5.40. The third-order valence-corrected chi connectivity index (χ3v) is 2.95. The van der Waals surface area contributed by atoms with E-state index in [9.17, 15) is 0 Å². The smallest absolute Gasteiger partial charge is 0.0574 e. The highest BCUT2D eigenvalue weighted by Crippen LogP contribution is 2.38. The second-order valence-corrected chi connectivity index (χ2v) is 4.53. The Balaban J connectivity index is 2.12. The summed E-state index contributed by atoms with van der Waals surface area (Å²) in [5.74, 6) is 1.24. The highest BCUT2D eigenvalue weighted by Gasteiger charge is 2.30. The molecule has 2 rings (SSSR count). The maximum atomic E-state index is 6.06. The second kappa shape index (κ2) is 3.70. The number of aromatic nitrogens is 1. The molecule has 1 fully saturated rings. The maximum Gasteiger partial charge on any atom is 0.0574 e. The van der Waals surface area contributed by atoms with Crippen molar-refractivity contribution in [2.75, 3.05) is 0 Å². The molecule has 1 unspecified atom stereocenters. The summed E-state index contributed by atoms with van der Waals surface area (Å²) >= 11 is 0. The number of hydrogen-bond acceptors (Lipinski definition) is 2. The van der Waals surface area contributed by atoms with Crippen molar-refractivity contribution in [3.63, 3.8) is 0 Å². The predicted molar refractivity (Wildman–Crippen MR) is 58.0 cm³/mol. The number of pyridine rings is 1. The summed E-state index contributed by atoms with van der Waals surface area (Å²) in [7, 11) is 0. The highest BCUT2D eigenvalue weighted by atomic mass is 14.8. The first kappa shape index (κ1) is 9.66. The van der Waals surface area contributed by atoms with Gasteiger partial charge in [0.15, 0.2) is 0 Å². The molecule has 1 saturated carbocycles. The molecule has 0 spiro atoms. The first-order chi connectivity index (χ1) is 6.68. The Bertz CT molecular complexity index is 299. The fraction of sp³-hybridized carbons (Fsp3) is 0.583. The summed E-state index contributed by atoms with van der Waals surface area (Å²) in [5, 5.41) is 0. The van der Waals surface area contributed by atoms with Crippen LogP contribution in [0.25, 0.3) is 0 Å². The van der Waals surface area contributed by atoms with E-state index in [0.717, 1.165) is 5.69 Å². The molecule has 0 amide bonds. The molecule has 0 radical (unpaired) electrons. The molecule has 1 aliphatic carbocycles.